The van der Waals surface area contributed by atoms with E-state index in [2.05, 4.69) is 15.9 Å². The van der Waals surface area contributed by atoms with Crippen LogP contribution in [0.4, 0.5) is 0 Å². The number of hydrogen-bond donors (Lipinski definition) is 1. The van der Waals surface area contributed by atoms with E-state index in [1.54, 1.807) is 39.8 Å². The molecule has 9 nitrogen and oxygen atoms in total. The smallest absolute Gasteiger partial charge is 0.347 e. The van der Waals surface area contributed by atoms with Crippen molar-refractivity contribution in [1.29, 1.82) is 5.26 Å². The van der Waals surface area contributed by atoms with Gasteiger partial charge in [-0.2, -0.15) is 5.26 Å². The number of rotatable bonds is 8. The fourth-order valence-electron chi connectivity index (χ4n) is 3.19. The standard InChI is InChI=1S/C22H25BrN2O7/c1-6-29-21(26)12(4)31-19-15(23)8-13(9-16(19)28-5)18-14(10-24)20(25)32-11(3)17(18)22(27)30-7-2/h8-9,12,18H,6-7,25H2,1-5H3. The van der Waals surface area contributed by atoms with E-state index in [0.29, 0.717) is 10.0 Å². The van der Waals surface area contributed by atoms with E-state index in [-0.39, 0.29) is 47.5 Å². The van der Waals surface area contributed by atoms with Crippen LogP contribution in [0.1, 0.15) is 39.2 Å². The van der Waals surface area contributed by atoms with Crippen LogP contribution in [-0.4, -0.2) is 38.4 Å². The Morgan fingerprint density at radius 3 is 2.50 bits per heavy atom. The number of esters is 2. The van der Waals surface area contributed by atoms with Crippen molar-refractivity contribution in [2.75, 3.05) is 20.3 Å². The first-order chi connectivity index (χ1) is 15.2. The van der Waals surface area contributed by atoms with Gasteiger partial charge in [0.15, 0.2) is 17.6 Å². The third-order valence-corrected chi connectivity index (χ3v) is 5.19. The van der Waals surface area contributed by atoms with Crippen LogP contribution >= 0.6 is 15.9 Å². The van der Waals surface area contributed by atoms with Gasteiger partial charge in [0, 0.05) is 0 Å². The zero-order valence-electron chi connectivity index (χ0n) is 18.5. The Labute approximate surface area is 194 Å². The number of carbonyl (C=O) groups excluding carboxylic acids is 2. The summed E-state index contributed by atoms with van der Waals surface area (Å²) in [5.41, 5.74) is 6.66. The van der Waals surface area contributed by atoms with Gasteiger partial charge in [-0.25, -0.2) is 9.59 Å². The molecule has 0 saturated carbocycles. The van der Waals surface area contributed by atoms with Crippen molar-refractivity contribution in [2.45, 2.75) is 39.7 Å². The van der Waals surface area contributed by atoms with Gasteiger partial charge in [-0.05, 0) is 61.3 Å². The number of nitrogens with zero attached hydrogens (tertiary/aromatic N) is 1. The Kier molecular flexibility index (Phi) is 8.55. The second-order valence-electron chi connectivity index (χ2n) is 6.66. The Balaban J connectivity index is 2.60. The number of ether oxygens (including phenoxy) is 5. The van der Waals surface area contributed by atoms with Gasteiger partial charge in [0.1, 0.15) is 17.4 Å². The van der Waals surface area contributed by atoms with Gasteiger partial charge in [-0.3, -0.25) is 0 Å². The number of benzene rings is 1. The van der Waals surface area contributed by atoms with E-state index in [4.69, 9.17) is 29.4 Å². The van der Waals surface area contributed by atoms with Crippen LogP contribution < -0.4 is 15.2 Å². The fourth-order valence-corrected chi connectivity index (χ4v) is 3.75. The lowest BCUT2D eigenvalue weighted by molar-refractivity contribution is -0.150. The van der Waals surface area contributed by atoms with Gasteiger partial charge in [0.25, 0.3) is 0 Å². The number of halogens is 1. The molecule has 2 N–H and O–H groups in total. The summed E-state index contributed by atoms with van der Waals surface area (Å²) in [5.74, 6) is -1.34. The van der Waals surface area contributed by atoms with Crippen molar-refractivity contribution in [2.24, 2.45) is 5.73 Å². The predicted octanol–water partition coefficient (Wildman–Crippen LogP) is 3.43. The molecule has 0 spiro atoms. The van der Waals surface area contributed by atoms with E-state index >= 15 is 0 Å². The van der Waals surface area contributed by atoms with E-state index in [9.17, 15) is 14.9 Å². The molecule has 0 aromatic heterocycles. The molecule has 2 rings (SSSR count). The molecule has 2 unspecified atom stereocenters. The Morgan fingerprint density at radius 1 is 1.28 bits per heavy atom. The molecule has 10 heteroatoms. The molecule has 172 valence electrons. The number of allylic oxidation sites excluding steroid dienone is 2. The second-order valence-corrected chi connectivity index (χ2v) is 7.52. The van der Waals surface area contributed by atoms with Gasteiger partial charge in [0.2, 0.25) is 5.88 Å². The first-order valence-electron chi connectivity index (χ1n) is 9.86. The molecule has 32 heavy (non-hydrogen) atoms. The van der Waals surface area contributed by atoms with Gasteiger partial charge < -0.3 is 29.4 Å². The first-order valence-corrected chi connectivity index (χ1v) is 10.6. The van der Waals surface area contributed by atoms with Crippen LogP contribution in [0.3, 0.4) is 0 Å². The normalized spacial score (nSPS) is 16.6. The molecular weight excluding hydrogens is 484 g/mol. The third kappa shape index (κ3) is 5.16. The third-order valence-electron chi connectivity index (χ3n) is 4.60. The summed E-state index contributed by atoms with van der Waals surface area (Å²) in [5, 5.41) is 9.73. The monoisotopic (exact) mass is 508 g/mol. The van der Waals surface area contributed by atoms with Crippen LogP contribution in [0.2, 0.25) is 0 Å². The molecule has 1 aromatic carbocycles. The highest BCUT2D eigenvalue weighted by molar-refractivity contribution is 9.10. The predicted molar refractivity (Wildman–Crippen MR) is 117 cm³/mol. The van der Waals surface area contributed by atoms with Crippen molar-refractivity contribution in [1.82, 2.24) is 0 Å². The summed E-state index contributed by atoms with van der Waals surface area (Å²) >= 11 is 3.43. The SMILES string of the molecule is CCOC(=O)C1=C(C)OC(N)=C(C#N)C1c1cc(Br)c(OC(C)C(=O)OCC)c(OC)c1. The van der Waals surface area contributed by atoms with Crippen molar-refractivity contribution in [3.05, 3.63) is 45.0 Å². The highest BCUT2D eigenvalue weighted by Gasteiger charge is 2.37. The Bertz CT molecular complexity index is 1010. The molecule has 0 saturated heterocycles. The largest absolute Gasteiger partial charge is 0.493 e. The van der Waals surface area contributed by atoms with E-state index < -0.39 is 24.0 Å². The minimum atomic E-state index is -0.892. The van der Waals surface area contributed by atoms with Gasteiger partial charge in [0.05, 0.1) is 36.3 Å². The number of carbonyl (C=O) groups is 2. The molecule has 1 aliphatic rings. The van der Waals surface area contributed by atoms with Crippen LogP contribution in [0.25, 0.3) is 0 Å². The highest BCUT2D eigenvalue weighted by atomic mass is 79.9. The first kappa shape index (κ1) is 25.1. The minimum absolute atomic E-state index is 0.0566. The number of nitriles is 1. The van der Waals surface area contributed by atoms with E-state index in [1.165, 1.54) is 7.11 Å². The summed E-state index contributed by atoms with van der Waals surface area (Å²) in [4.78, 5) is 24.7. The quantitative estimate of drug-likeness (QED) is 0.524. The average Bonchev–Trinajstić information content (AvgIpc) is 2.74. The molecule has 1 heterocycles. The molecular formula is C22H25BrN2O7. The number of hydrogen-bond acceptors (Lipinski definition) is 9. The van der Waals surface area contributed by atoms with Crippen molar-refractivity contribution in [3.63, 3.8) is 0 Å². The Morgan fingerprint density at radius 2 is 1.94 bits per heavy atom. The van der Waals surface area contributed by atoms with E-state index in [1.807, 2.05) is 6.07 Å². The van der Waals surface area contributed by atoms with Gasteiger partial charge in [-0.1, -0.05) is 0 Å². The lowest BCUT2D eigenvalue weighted by atomic mass is 9.83. The molecule has 0 bridgehead atoms. The van der Waals surface area contributed by atoms with Gasteiger partial charge in [-0.15, -0.1) is 0 Å². The zero-order valence-corrected chi connectivity index (χ0v) is 20.1. The molecule has 1 aromatic rings. The molecule has 0 fully saturated rings. The summed E-state index contributed by atoms with van der Waals surface area (Å²) in [7, 11) is 1.43. The minimum Gasteiger partial charge on any atom is -0.493 e. The van der Waals surface area contributed by atoms with Crippen molar-refractivity contribution >= 4 is 27.9 Å². The summed E-state index contributed by atoms with van der Waals surface area (Å²) in [6.07, 6.45) is -0.892. The lowest BCUT2D eigenvalue weighted by Gasteiger charge is -2.27. The molecule has 0 radical (unpaired) electrons. The highest BCUT2D eigenvalue weighted by Crippen LogP contribution is 2.45. The molecule has 1 aliphatic heterocycles. The topological polar surface area (TPSA) is 130 Å². The Hall–Kier alpha value is -3.19. The van der Waals surface area contributed by atoms with Crippen LogP contribution in [0, 0.1) is 11.3 Å². The zero-order chi connectivity index (χ0) is 24.0. The summed E-state index contributed by atoms with van der Waals surface area (Å²) < 4.78 is 27.2. The van der Waals surface area contributed by atoms with Crippen LogP contribution in [0.5, 0.6) is 11.5 Å². The van der Waals surface area contributed by atoms with Gasteiger partial charge >= 0.3 is 11.9 Å². The molecule has 0 aliphatic carbocycles. The summed E-state index contributed by atoms with van der Waals surface area (Å²) in [6, 6.07) is 5.28. The van der Waals surface area contributed by atoms with Crippen LogP contribution in [-0.2, 0) is 23.8 Å². The van der Waals surface area contributed by atoms with Crippen LogP contribution in [0.15, 0.2) is 39.4 Å². The maximum absolute atomic E-state index is 12.7. The summed E-state index contributed by atoms with van der Waals surface area (Å²) in [6.45, 7) is 6.88. The maximum Gasteiger partial charge on any atom is 0.347 e. The van der Waals surface area contributed by atoms with Crippen molar-refractivity contribution in [3.8, 4) is 17.6 Å². The van der Waals surface area contributed by atoms with E-state index in [0.717, 1.165) is 0 Å². The average molecular weight is 509 g/mol. The number of methoxy groups -OCH3 is 1. The fraction of sp³-hybridized carbons (Fsp3) is 0.409. The number of nitrogens with two attached hydrogens (primary N) is 1. The molecule has 0 amide bonds. The maximum atomic E-state index is 12.7. The second kappa shape index (κ2) is 10.9. The molecule has 2 atom stereocenters. The van der Waals surface area contributed by atoms with Crippen molar-refractivity contribution < 1.29 is 33.3 Å². The lowest BCUT2D eigenvalue weighted by Crippen LogP contribution is -2.27.